The number of hydrogen-bond donors (Lipinski definition) is 1. The number of hydrogen-bond acceptors (Lipinski definition) is 7. The molecule has 1 heterocycles. The van der Waals surface area contributed by atoms with Crippen LogP contribution in [0.3, 0.4) is 0 Å². The zero-order chi connectivity index (χ0) is 17.9. The highest BCUT2D eigenvalue weighted by Gasteiger charge is 2.20. The van der Waals surface area contributed by atoms with Gasteiger partial charge in [-0.05, 0) is 37.3 Å². The fourth-order valence-corrected chi connectivity index (χ4v) is 3.22. The second-order valence-corrected chi connectivity index (χ2v) is 7.67. The van der Waals surface area contributed by atoms with Crippen LogP contribution >= 0.6 is 11.3 Å². The number of carbonyl (C=O) groups is 2. The van der Waals surface area contributed by atoms with E-state index in [2.05, 4.69) is 0 Å². The van der Waals surface area contributed by atoms with Crippen molar-refractivity contribution in [3.8, 4) is 5.75 Å². The molecule has 0 aliphatic carbocycles. The van der Waals surface area contributed by atoms with Gasteiger partial charge in [-0.15, -0.1) is 11.3 Å². The highest BCUT2D eigenvalue weighted by atomic mass is 32.2. The summed E-state index contributed by atoms with van der Waals surface area (Å²) in [5.41, 5.74) is -0.126. The number of primary sulfonamides is 1. The molecule has 128 valence electrons. The number of methoxy groups -OCH3 is 1. The van der Waals surface area contributed by atoms with Crippen LogP contribution in [0, 0.1) is 6.92 Å². The lowest BCUT2D eigenvalue weighted by Gasteiger charge is -2.09. The summed E-state index contributed by atoms with van der Waals surface area (Å²) < 4.78 is 32.8. The normalized spacial score (nSPS) is 11.1. The Kier molecular flexibility index (Phi) is 5.37. The number of esters is 1. The Balaban J connectivity index is 2.18. The van der Waals surface area contributed by atoms with E-state index in [0.717, 1.165) is 10.9 Å². The van der Waals surface area contributed by atoms with Gasteiger partial charge in [0.25, 0.3) is 0 Å². The molecule has 0 atom stereocenters. The molecule has 9 heteroatoms. The average molecular weight is 369 g/mol. The van der Waals surface area contributed by atoms with E-state index in [1.165, 1.54) is 30.6 Å². The van der Waals surface area contributed by atoms with Gasteiger partial charge < -0.3 is 9.47 Å². The number of rotatable bonds is 6. The summed E-state index contributed by atoms with van der Waals surface area (Å²) in [7, 11) is -2.66. The minimum absolute atomic E-state index is 0.117. The van der Waals surface area contributed by atoms with Crippen molar-refractivity contribution in [2.75, 3.05) is 13.7 Å². The van der Waals surface area contributed by atoms with Crippen molar-refractivity contribution in [1.29, 1.82) is 0 Å². The van der Waals surface area contributed by atoms with Gasteiger partial charge in [0.15, 0.2) is 6.61 Å². The molecule has 24 heavy (non-hydrogen) atoms. The number of thiophene rings is 1. The van der Waals surface area contributed by atoms with Crippen molar-refractivity contribution in [3.05, 3.63) is 45.6 Å². The monoisotopic (exact) mass is 369 g/mol. The Morgan fingerprint density at radius 2 is 1.92 bits per heavy atom. The largest absolute Gasteiger partial charge is 0.496 e. The minimum Gasteiger partial charge on any atom is -0.496 e. The van der Waals surface area contributed by atoms with Gasteiger partial charge >= 0.3 is 5.97 Å². The lowest BCUT2D eigenvalue weighted by atomic mass is 10.2. The van der Waals surface area contributed by atoms with E-state index in [1.54, 1.807) is 12.1 Å². The zero-order valence-corrected chi connectivity index (χ0v) is 14.6. The Hall–Kier alpha value is -2.23. The number of sulfonamides is 1. The maximum Gasteiger partial charge on any atom is 0.342 e. The van der Waals surface area contributed by atoms with Crippen LogP contribution in [-0.2, 0) is 14.8 Å². The first-order chi connectivity index (χ1) is 11.2. The molecule has 0 fully saturated rings. The predicted octanol–water partition coefficient (Wildman–Crippen LogP) is 1.75. The molecular formula is C15H15NO6S2. The van der Waals surface area contributed by atoms with E-state index in [0.29, 0.717) is 4.88 Å². The molecule has 0 radical (unpaired) electrons. The van der Waals surface area contributed by atoms with Crippen LogP contribution in [0.2, 0.25) is 0 Å². The van der Waals surface area contributed by atoms with Crippen molar-refractivity contribution in [2.24, 2.45) is 5.14 Å². The van der Waals surface area contributed by atoms with Gasteiger partial charge in [-0.2, -0.15) is 0 Å². The first kappa shape index (κ1) is 18.1. The summed E-state index contributed by atoms with van der Waals surface area (Å²) in [4.78, 5) is 25.3. The van der Waals surface area contributed by atoms with Crippen molar-refractivity contribution in [3.63, 3.8) is 0 Å². The third-order valence-electron chi connectivity index (χ3n) is 3.07. The van der Waals surface area contributed by atoms with Gasteiger partial charge in [0.1, 0.15) is 11.3 Å². The van der Waals surface area contributed by atoms with Crippen LogP contribution in [0.4, 0.5) is 0 Å². The maximum atomic E-state index is 12.2. The van der Waals surface area contributed by atoms with E-state index in [1.807, 2.05) is 6.92 Å². The minimum atomic E-state index is -3.98. The number of ether oxygens (including phenoxy) is 2. The Morgan fingerprint density at radius 1 is 1.21 bits per heavy atom. The van der Waals surface area contributed by atoms with E-state index < -0.39 is 22.6 Å². The first-order valence-electron chi connectivity index (χ1n) is 6.70. The molecule has 0 aliphatic rings. The molecule has 0 spiro atoms. The number of carbonyl (C=O) groups excluding carboxylic acids is 2. The molecule has 2 aromatic rings. The van der Waals surface area contributed by atoms with Crippen LogP contribution in [0.1, 0.15) is 24.9 Å². The van der Waals surface area contributed by atoms with Gasteiger partial charge in [0.05, 0.1) is 16.9 Å². The molecule has 0 bridgehead atoms. The standard InChI is InChI=1S/C15H15NO6S2/c1-9-3-6-14(23-9)12(17)8-22-15(18)11-7-10(24(16,19)20)4-5-13(11)21-2/h3-7H,8H2,1-2H3,(H2,16,19,20). The molecule has 2 rings (SSSR count). The number of benzene rings is 1. The molecule has 7 nitrogen and oxygen atoms in total. The third kappa shape index (κ3) is 4.19. The molecule has 0 saturated heterocycles. The van der Waals surface area contributed by atoms with Crippen molar-refractivity contribution >= 4 is 33.1 Å². The maximum absolute atomic E-state index is 12.2. The zero-order valence-electron chi connectivity index (χ0n) is 12.9. The van der Waals surface area contributed by atoms with Crippen molar-refractivity contribution < 1.29 is 27.5 Å². The third-order valence-corrected chi connectivity index (χ3v) is 5.02. The molecule has 0 unspecified atom stereocenters. The van der Waals surface area contributed by atoms with E-state index in [9.17, 15) is 18.0 Å². The van der Waals surface area contributed by atoms with Crippen LogP contribution in [0.5, 0.6) is 5.75 Å². The number of aryl methyl sites for hydroxylation is 1. The lowest BCUT2D eigenvalue weighted by molar-refractivity contribution is 0.0472. The van der Waals surface area contributed by atoms with Crippen LogP contribution in [0.15, 0.2) is 35.2 Å². The van der Waals surface area contributed by atoms with E-state index in [4.69, 9.17) is 14.6 Å². The molecule has 0 amide bonds. The summed E-state index contributed by atoms with van der Waals surface area (Å²) in [5.74, 6) is -1.10. The fourth-order valence-electron chi connectivity index (χ4n) is 1.89. The van der Waals surface area contributed by atoms with E-state index in [-0.39, 0.29) is 22.0 Å². The second kappa shape index (κ2) is 7.12. The van der Waals surface area contributed by atoms with Crippen molar-refractivity contribution in [2.45, 2.75) is 11.8 Å². The predicted molar refractivity (Wildman–Crippen MR) is 88.0 cm³/mol. The second-order valence-electron chi connectivity index (χ2n) is 4.82. The summed E-state index contributed by atoms with van der Waals surface area (Å²) in [6.45, 7) is 1.40. The summed E-state index contributed by atoms with van der Waals surface area (Å²) in [6, 6.07) is 7.00. The molecule has 2 N–H and O–H groups in total. The fraction of sp³-hybridized carbons (Fsp3) is 0.200. The van der Waals surface area contributed by atoms with E-state index >= 15 is 0 Å². The molecule has 0 aliphatic heterocycles. The van der Waals surface area contributed by atoms with Crippen molar-refractivity contribution in [1.82, 2.24) is 0 Å². The number of ketones is 1. The molecule has 1 aromatic heterocycles. The first-order valence-corrected chi connectivity index (χ1v) is 9.06. The van der Waals surface area contributed by atoms with Crippen LogP contribution < -0.4 is 9.88 Å². The summed E-state index contributed by atoms with van der Waals surface area (Å²) >= 11 is 1.30. The molecule has 0 saturated carbocycles. The number of Topliss-reactive ketones (excluding diaryl/α,β-unsaturated/α-hetero) is 1. The Morgan fingerprint density at radius 3 is 2.46 bits per heavy atom. The van der Waals surface area contributed by atoms with Gasteiger partial charge in [-0.25, -0.2) is 18.4 Å². The van der Waals surface area contributed by atoms with Crippen LogP contribution in [0.25, 0.3) is 0 Å². The van der Waals surface area contributed by atoms with Gasteiger partial charge in [0, 0.05) is 4.88 Å². The van der Waals surface area contributed by atoms with Gasteiger partial charge in [-0.3, -0.25) is 4.79 Å². The average Bonchev–Trinajstić information content (AvgIpc) is 2.97. The topological polar surface area (TPSA) is 113 Å². The smallest absolute Gasteiger partial charge is 0.342 e. The Bertz CT molecular complexity index is 885. The quantitative estimate of drug-likeness (QED) is 0.613. The summed E-state index contributed by atoms with van der Waals surface area (Å²) in [6.07, 6.45) is 0. The van der Waals surface area contributed by atoms with Crippen LogP contribution in [-0.4, -0.2) is 33.9 Å². The van der Waals surface area contributed by atoms with Gasteiger partial charge in [0.2, 0.25) is 15.8 Å². The van der Waals surface area contributed by atoms with Gasteiger partial charge in [-0.1, -0.05) is 0 Å². The Labute approximate surface area is 143 Å². The summed E-state index contributed by atoms with van der Waals surface area (Å²) in [5, 5.41) is 5.04. The molecular weight excluding hydrogens is 354 g/mol. The highest BCUT2D eigenvalue weighted by Crippen LogP contribution is 2.23. The highest BCUT2D eigenvalue weighted by molar-refractivity contribution is 7.89. The SMILES string of the molecule is COc1ccc(S(N)(=O)=O)cc1C(=O)OCC(=O)c1ccc(C)s1. The molecule has 1 aromatic carbocycles. The lowest BCUT2D eigenvalue weighted by Crippen LogP contribution is -2.16. The number of nitrogens with two attached hydrogens (primary N) is 1.